The Morgan fingerprint density at radius 2 is 1.75 bits per heavy atom. The monoisotopic (exact) mass is 329 g/mol. The highest BCUT2D eigenvalue weighted by Crippen LogP contribution is 2.54. The zero-order chi connectivity index (χ0) is 15.5. The summed E-state index contributed by atoms with van der Waals surface area (Å²) in [7, 11) is 0. The summed E-state index contributed by atoms with van der Waals surface area (Å²) in [4.78, 5) is 14.3. The van der Waals surface area contributed by atoms with Gasteiger partial charge in [-0.25, -0.2) is 0 Å². The second-order valence-electron chi connectivity index (χ2n) is 4.76. The summed E-state index contributed by atoms with van der Waals surface area (Å²) >= 11 is 5.62. The first-order valence-electron chi connectivity index (χ1n) is 5.36. The Morgan fingerprint density at radius 3 is 2.05 bits per heavy atom. The Morgan fingerprint density at radius 1 is 1.25 bits per heavy atom. The number of hydrogen-bond acceptors (Lipinski definition) is 3. The topological polar surface area (TPSA) is 69.0 Å². The maximum absolute atomic E-state index is 12.9. The van der Waals surface area contributed by atoms with E-state index in [1.165, 1.54) is 0 Å². The van der Waals surface area contributed by atoms with Crippen molar-refractivity contribution >= 4 is 11.6 Å². The quantitative estimate of drug-likeness (QED) is 0.356. The van der Waals surface area contributed by atoms with Crippen molar-refractivity contribution in [1.29, 1.82) is 0 Å². The molecule has 12 heteroatoms. The smallest absolute Gasteiger partial charge is 0.320 e. The lowest BCUT2D eigenvalue weighted by atomic mass is 9.82. The molecule has 1 saturated carbocycles. The van der Waals surface area contributed by atoms with Crippen LogP contribution in [-0.4, -0.2) is 40.5 Å². The molecule has 1 saturated heterocycles. The summed E-state index contributed by atoms with van der Waals surface area (Å²) in [5, 5.41) is 7.44. The van der Waals surface area contributed by atoms with Gasteiger partial charge in [0, 0.05) is 0 Å². The van der Waals surface area contributed by atoms with Crippen molar-refractivity contribution in [2.24, 2.45) is 5.92 Å². The molecule has 1 aliphatic heterocycles. The number of piperidine rings is 1. The van der Waals surface area contributed by atoms with Crippen LogP contribution < -0.4 is 5.32 Å². The summed E-state index contributed by atoms with van der Waals surface area (Å²) < 4.78 is 77.7. The van der Waals surface area contributed by atoms with Gasteiger partial charge in [0.15, 0.2) is 6.10 Å². The molecule has 4 atom stereocenters. The largest absolute Gasteiger partial charge is 0.454 e. The minimum Gasteiger partial charge on any atom is -0.320 e. The van der Waals surface area contributed by atoms with Gasteiger partial charge in [0.25, 0.3) is 10.6 Å². The Balaban J connectivity index is 2.37. The van der Waals surface area contributed by atoms with E-state index >= 15 is 0 Å². The molecule has 0 aromatic rings. The molecule has 2 bridgehead atoms. The van der Waals surface area contributed by atoms with Gasteiger partial charge >= 0.3 is 12.4 Å². The average molecular weight is 330 g/mol. The van der Waals surface area contributed by atoms with E-state index in [1.54, 1.807) is 0 Å². The zero-order valence-electron chi connectivity index (χ0n) is 9.41. The number of nitrogens with zero attached hydrogens (tertiary/aromatic N) is 1. The second-order valence-corrected chi connectivity index (χ2v) is 5.27. The van der Waals surface area contributed by atoms with Gasteiger partial charge < -0.3 is 10.2 Å². The molecule has 2 rings (SSSR count). The first-order valence-corrected chi connectivity index (χ1v) is 5.80. The van der Waals surface area contributed by atoms with Crippen molar-refractivity contribution in [3.8, 4) is 0 Å². The van der Waals surface area contributed by atoms with Gasteiger partial charge in [-0.3, -0.25) is 0 Å². The first kappa shape index (κ1) is 15.4. The minimum atomic E-state index is -5.57. The molecule has 0 spiro atoms. The van der Waals surface area contributed by atoms with Crippen LogP contribution in [0.5, 0.6) is 0 Å². The van der Waals surface area contributed by atoms with Gasteiger partial charge in [-0.2, -0.15) is 26.3 Å². The molecular weight excluding hydrogens is 322 g/mol. The molecule has 20 heavy (non-hydrogen) atoms. The maximum atomic E-state index is 12.9. The van der Waals surface area contributed by atoms with E-state index in [0.717, 1.165) is 0 Å². The molecule has 0 aromatic heterocycles. The number of hydrogen-bond donors (Lipinski definition) is 1. The summed E-state index contributed by atoms with van der Waals surface area (Å²) in [6.45, 7) is 0. The molecule has 0 radical (unpaired) electrons. The van der Waals surface area contributed by atoms with E-state index in [-0.39, 0.29) is 5.32 Å². The van der Waals surface area contributed by atoms with Gasteiger partial charge in [-0.05, 0) is 6.42 Å². The number of quaternary nitrogens is 1. The molecule has 116 valence electrons. The van der Waals surface area contributed by atoms with Crippen LogP contribution in [-0.2, 0) is 4.84 Å². The van der Waals surface area contributed by atoms with E-state index < -0.39 is 52.8 Å². The van der Waals surface area contributed by atoms with E-state index in [9.17, 15) is 36.5 Å². The molecule has 2 aliphatic rings. The fourth-order valence-electron chi connectivity index (χ4n) is 3.07. The van der Waals surface area contributed by atoms with Gasteiger partial charge in [-0.1, -0.05) is 0 Å². The molecule has 0 amide bonds. The van der Waals surface area contributed by atoms with E-state index in [1.807, 2.05) is 0 Å². The van der Waals surface area contributed by atoms with Crippen LogP contribution in [0.3, 0.4) is 0 Å². The molecule has 2 N–H and O–H groups in total. The summed E-state index contributed by atoms with van der Waals surface area (Å²) in [6.07, 6.45) is -13.3. The van der Waals surface area contributed by atoms with Crippen molar-refractivity contribution in [3.63, 3.8) is 0 Å². The van der Waals surface area contributed by atoms with Crippen LogP contribution in [0.1, 0.15) is 6.42 Å². The molecule has 2 fully saturated rings. The Kier molecular flexibility index (Phi) is 3.29. The molecule has 0 aromatic carbocycles. The third-order valence-corrected chi connectivity index (χ3v) is 4.46. The Labute approximate surface area is 112 Å². The van der Waals surface area contributed by atoms with Gasteiger partial charge in [-0.15, -0.1) is 21.7 Å². The fraction of sp³-hybridized carbons (Fsp3) is 1.00. The Bertz CT molecular complexity index is 413. The number of fused-ring (bicyclic) bond motifs is 2. The van der Waals surface area contributed by atoms with Gasteiger partial charge in [0.1, 0.15) is 6.04 Å². The van der Waals surface area contributed by atoms with E-state index in [0.29, 0.717) is 0 Å². The highest BCUT2D eigenvalue weighted by Gasteiger charge is 2.86. The molecule has 1 heterocycles. The fourth-order valence-corrected chi connectivity index (χ4v) is 3.60. The van der Waals surface area contributed by atoms with Crippen molar-refractivity contribution < 1.29 is 41.6 Å². The first-order chi connectivity index (χ1) is 8.92. The van der Waals surface area contributed by atoms with Crippen LogP contribution in [0, 0.1) is 16.0 Å². The number of rotatable bonds is 2. The van der Waals surface area contributed by atoms with Crippen LogP contribution >= 0.6 is 11.6 Å². The maximum Gasteiger partial charge on any atom is 0.454 e. The van der Waals surface area contributed by atoms with Gasteiger partial charge in [0.2, 0.25) is 0 Å². The summed E-state index contributed by atoms with van der Waals surface area (Å²) in [6, 6.07) is -1.48. The van der Waals surface area contributed by atoms with Crippen molar-refractivity contribution in [2.45, 2.75) is 41.8 Å². The highest BCUT2D eigenvalue weighted by molar-refractivity contribution is 6.21. The SMILES string of the molecule is O=[N+]([O-])OC1CC2C(Cl)C1[NH2+]C2(C(F)(F)F)C(F)(F)F. The third-order valence-electron chi connectivity index (χ3n) is 3.87. The van der Waals surface area contributed by atoms with Crippen LogP contribution in [0.15, 0.2) is 0 Å². The zero-order valence-corrected chi connectivity index (χ0v) is 10.2. The highest BCUT2D eigenvalue weighted by atomic mass is 35.5. The predicted molar refractivity (Wildman–Crippen MR) is 50.2 cm³/mol. The lowest BCUT2D eigenvalue weighted by molar-refractivity contribution is -0.831. The number of nitrogens with two attached hydrogens (primary N) is 1. The standard InChI is InChI=1S/C8H7ClF6N2O3/c9-4-2-1-3(20-17(18)19)5(4)16-6(2,7(10,11)12)8(13,14)15/h2-5,16H,1H2/p+1. The van der Waals surface area contributed by atoms with Crippen molar-refractivity contribution in [3.05, 3.63) is 10.1 Å². The normalized spacial score (nSPS) is 36.1. The van der Waals surface area contributed by atoms with Crippen molar-refractivity contribution in [2.75, 3.05) is 0 Å². The molecule has 5 nitrogen and oxygen atoms in total. The van der Waals surface area contributed by atoms with E-state index in [2.05, 4.69) is 4.84 Å². The van der Waals surface area contributed by atoms with Crippen LogP contribution in [0.2, 0.25) is 0 Å². The number of alkyl halides is 7. The summed E-state index contributed by atoms with van der Waals surface area (Å²) in [5.41, 5.74) is -4.03. The summed E-state index contributed by atoms with van der Waals surface area (Å²) in [5.74, 6) is -2.03. The van der Waals surface area contributed by atoms with Crippen LogP contribution in [0.4, 0.5) is 26.3 Å². The molecule has 4 unspecified atom stereocenters. The second kappa shape index (κ2) is 4.26. The van der Waals surface area contributed by atoms with Gasteiger partial charge in [0.05, 0.1) is 11.3 Å². The molecule has 1 aliphatic carbocycles. The lowest BCUT2D eigenvalue weighted by Gasteiger charge is -2.38. The lowest BCUT2D eigenvalue weighted by Crippen LogP contribution is -3.07. The number of halogens is 7. The van der Waals surface area contributed by atoms with E-state index in [4.69, 9.17) is 11.6 Å². The molecular formula is C8H8ClF6N2O3+. The predicted octanol–water partition coefficient (Wildman–Crippen LogP) is 1.000. The Hall–Kier alpha value is -0.970. The average Bonchev–Trinajstić information content (AvgIpc) is 2.66. The van der Waals surface area contributed by atoms with Crippen LogP contribution in [0.25, 0.3) is 0 Å². The minimum absolute atomic E-state index is 0.0208. The van der Waals surface area contributed by atoms with Crippen molar-refractivity contribution in [1.82, 2.24) is 0 Å². The third kappa shape index (κ3) is 1.90.